The Balaban J connectivity index is 2.15. The zero-order chi connectivity index (χ0) is 15.1. The lowest BCUT2D eigenvalue weighted by molar-refractivity contribution is -0.134. The molecule has 0 aliphatic rings. The first-order valence-electron chi connectivity index (χ1n) is 6.13. The summed E-state index contributed by atoms with van der Waals surface area (Å²) in [5.41, 5.74) is 0. The van der Waals surface area contributed by atoms with Crippen LogP contribution in [-0.4, -0.2) is 13.1 Å². The zero-order valence-electron chi connectivity index (χ0n) is 11.3. The summed E-state index contributed by atoms with van der Waals surface area (Å²) >= 11 is 5.11. The van der Waals surface area contributed by atoms with E-state index in [1.54, 1.807) is 11.8 Å². The molecule has 0 N–H and O–H groups in total. The highest BCUT2D eigenvalue weighted by atomic mass is 79.9. The maximum Gasteiger partial charge on any atom is 0.333 e. The highest BCUT2D eigenvalue weighted by Crippen LogP contribution is 2.38. The molecule has 0 aliphatic heterocycles. The minimum atomic E-state index is -0.453. The molecule has 2 rings (SSSR count). The quantitative estimate of drug-likeness (QED) is 0.438. The van der Waals surface area contributed by atoms with E-state index in [-0.39, 0.29) is 0 Å². The maximum atomic E-state index is 11.0. The molecule has 108 valence electrons. The van der Waals surface area contributed by atoms with E-state index in [9.17, 15) is 4.79 Å². The van der Waals surface area contributed by atoms with Crippen LogP contribution < -0.4 is 4.74 Å². The minimum absolute atomic E-state index is 0.453. The summed E-state index contributed by atoms with van der Waals surface area (Å²) in [7, 11) is 1.32. The van der Waals surface area contributed by atoms with Crippen LogP contribution in [0.4, 0.5) is 0 Å². The molecule has 5 heteroatoms. The Bertz CT molecular complexity index is 655. The third-order valence-electron chi connectivity index (χ3n) is 2.51. The number of benzene rings is 2. The molecular weight excluding hydrogens is 352 g/mol. The van der Waals surface area contributed by atoms with Gasteiger partial charge in [0.05, 0.1) is 24.3 Å². The predicted molar refractivity (Wildman–Crippen MR) is 86.5 cm³/mol. The van der Waals surface area contributed by atoms with Crippen LogP contribution in [0.3, 0.4) is 0 Å². The van der Waals surface area contributed by atoms with Crippen molar-refractivity contribution in [1.82, 2.24) is 0 Å². The second kappa shape index (κ2) is 7.90. The summed E-state index contributed by atoms with van der Waals surface area (Å²) < 4.78 is 11.0. The molecule has 3 nitrogen and oxygen atoms in total. The van der Waals surface area contributed by atoms with Crippen LogP contribution in [0.1, 0.15) is 0 Å². The van der Waals surface area contributed by atoms with E-state index in [4.69, 9.17) is 4.74 Å². The predicted octanol–water partition coefficient (Wildman–Crippen LogP) is 4.67. The number of hydrogen-bond acceptors (Lipinski definition) is 4. The number of halogens is 1. The van der Waals surface area contributed by atoms with Gasteiger partial charge in [-0.15, -0.1) is 0 Å². The summed E-state index contributed by atoms with van der Waals surface area (Å²) in [5.74, 6) is 0.226. The zero-order valence-corrected chi connectivity index (χ0v) is 13.7. The maximum absolute atomic E-state index is 11.0. The van der Waals surface area contributed by atoms with Crippen molar-refractivity contribution < 1.29 is 14.3 Å². The molecule has 2 aromatic carbocycles. The lowest BCUT2D eigenvalue weighted by atomic mass is 10.3. The number of carbonyl (C=O) groups is 1. The molecule has 0 amide bonds. The smallest absolute Gasteiger partial charge is 0.333 e. The molecule has 2 aromatic rings. The van der Waals surface area contributed by atoms with E-state index in [2.05, 4.69) is 20.7 Å². The monoisotopic (exact) mass is 364 g/mol. The molecule has 0 fully saturated rings. The topological polar surface area (TPSA) is 35.5 Å². The van der Waals surface area contributed by atoms with Gasteiger partial charge in [-0.05, 0) is 40.2 Å². The summed E-state index contributed by atoms with van der Waals surface area (Å²) in [5, 5.41) is 0. The molecule has 0 spiro atoms. The Morgan fingerprint density at radius 3 is 2.48 bits per heavy atom. The van der Waals surface area contributed by atoms with Gasteiger partial charge >= 0.3 is 5.97 Å². The average molecular weight is 365 g/mol. The van der Waals surface area contributed by atoms with Crippen LogP contribution in [0, 0.1) is 0 Å². The van der Waals surface area contributed by atoms with Gasteiger partial charge in [0.2, 0.25) is 0 Å². The van der Waals surface area contributed by atoms with Crippen molar-refractivity contribution in [1.29, 1.82) is 0 Å². The van der Waals surface area contributed by atoms with E-state index < -0.39 is 5.97 Å². The van der Waals surface area contributed by atoms with Crippen molar-refractivity contribution in [2.45, 2.75) is 9.79 Å². The van der Waals surface area contributed by atoms with E-state index in [1.165, 1.54) is 19.4 Å². The Kier molecular flexibility index (Phi) is 5.90. The van der Waals surface area contributed by atoms with Gasteiger partial charge in [-0.2, -0.15) is 0 Å². The van der Waals surface area contributed by atoms with Gasteiger partial charge in [-0.25, -0.2) is 4.79 Å². The van der Waals surface area contributed by atoms with Gasteiger partial charge < -0.3 is 9.47 Å². The first-order valence-corrected chi connectivity index (χ1v) is 7.74. The van der Waals surface area contributed by atoms with E-state index in [0.717, 1.165) is 14.3 Å². The lowest BCUT2D eigenvalue weighted by Gasteiger charge is -2.08. The fraction of sp³-hybridized carbons (Fsp3) is 0.0625. The second-order valence-corrected chi connectivity index (χ2v) is 5.86. The largest absolute Gasteiger partial charge is 0.466 e. The van der Waals surface area contributed by atoms with Gasteiger partial charge in [-0.1, -0.05) is 36.0 Å². The Hall–Kier alpha value is -1.72. The van der Waals surface area contributed by atoms with Crippen LogP contribution in [0.25, 0.3) is 0 Å². The molecule has 0 heterocycles. The number of ether oxygens (including phenoxy) is 2. The molecule has 0 aromatic heterocycles. The van der Waals surface area contributed by atoms with Gasteiger partial charge in [-0.3, -0.25) is 0 Å². The van der Waals surface area contributed by atoms with Crippen LogP contribution in [0.5, 0.6) is 5.75 Å². The Labute approximate surface area is 136 Å². The number of para-hydroxylation sites is 1. The van der Waals surface area contributed by atoms with Gasteiger partial charge in [0, 0.05) is 9.37 Å². The van der Waals surface area contributed by atoms with Crippen molar-refractivity contribution in [2.24, 2.45) is 0 Å². The number of rotatable bonds is 5. The molecule has 21 heavy (non-hydrogen) atoms. The van der Waals surface area contributed by atoms with Gasteiger partial charge in [0.1, 0.15) is 5.75 Å². The minimum Gasteiger partial charge on any atom is -0.466 e. The van der Waals surface area contributed by atoms with Crippen molar-refractivity contribution >= 4 is 33.7 Å². The number of methoxy groups -OCH3 is 1. The summed E-state index contributed by atoms with van der Waals surface area (Å²) in [6, 6.07) is 15.6. The fourth-order valence-corrected chi connectivity index (χ4v) is 2.95. The lowest BCUT2D eigenvalue weighted by Crippen LogP contribution is -1.95. The van der Waals surface area contributed by atoms with Gasteiger partial charge in [0.15, 0.2) is 0 Å². The van der Waals surface area contributed by atoms with Crippen LogP contribution in [0.2, 0.25) is 0 Å². The Morgan fingerprint density at radius 1 is 1.10 bits per heavy atom. The van der Waals surface area contributed by atoms with E-state index in [0.29, 0.717) is 5.75 Å². The van der Waals surface area contributed by atoms with Crippen molar-refractivity contribution in [2.75, 3.05) is 7.11 Å². The highest BCUT2D eigenvalue weighted by Gasteiger charge is 2.06. The first kappa shape index (κ1) is 15.7. The molecule has 0 saturated carbocycles. The third-order valence-corrected chi connectivity index (χ3v) is 4.59. The van der Waals surface area contributed by atoms with E-state index in [1.807, 2.05) is 48.5 Å². The van der Waals surface area contributed by atoms with Crippen LogP contribution >= 0.6 is 27.7 Å². The molecule has 0 saturated heterocycles. The number of carbonyl (C=O) groups excluding carboxylic acids is 1. The van der Waals surface area contributed by atoms with E-state index >= 15 is 0 Å². The SMILES string of the molecule is COC(=O)/C=C\Oc1ccccc1Sc1ccccc1Br. The summed E-state index contributed by atoms with van der Waals surface area (Å²) in [4.78, 5) is 13.1. The number of hydrogen-bond donors (Lipinski definition) is 0. The molecular formula is C16H13BrO3S. The van der Waals surface area contributed by atoms with Crippen molar-refractivity contribution in [3.63, 3.8) is 0 Å². The number of esters is 1. The third kappa shape index (κ3) is 4.65. The molecule has 0 unspecified atom stereocenters. The first-order chi connectivity index (χ1) is 10.2. The molecule has 0 bridgehead atoms. The van der Waals surface area contributed by atoms with Crippen molar-refractivity contribution in [3.05, 3.63) is 65.3 Å². The van der Waals surface area contributed by atoms with Crippen LogP contribution in [0.15, 0.2) is 75.1 Å². The standard InChI is InChI=1S/C16H13BrO3S/c1-19-16(18)10-11-20-13-7-3-5-9-15(13)21-14-8-4-2-6-12(14)17/h2-11H,1H3/b11-10-. The summed E-state index contributed by atoms with van der Waals surface area (Å²) in [6.45, 7) is 0. The molecule has 0 radical (unpaired) electrons. The normalized spacial score (nSPS) is 10.6. The van der Waals surface area contributed by atoms with Gasteiger partial charge in [0.25, 0.3) is 0 Å². The molecule has 0 atom stereocenters. The Morgan fingerprint density at radius 2 is 1.76 bits per heavy atom. The highest BCUT2D eigenvalue weighted by molar-refractivity contribution is 9.10. The molecule has 0 aliphatic carbocycles. The van der Waals surface area contributed by atoms with Crippen molar-refractivity contribution in [3.8, 4) is 5.75 Å². The summed E-state index contributed by atoms with van der Waals surface area (Å²) in [6.07, 6.45) is 2.56. The van der Waals surface area contributed by atoms with Crippen LogP contribution in [-0.2, 0) is 9.53 Å². The second-order valence-electron chi connectivity index (χ2n) is 3.92. The average Bonchev–Trinajstić information content (AvgIpc) is 2.51. The fourth-order valence-electron chi connectivity index (χ4n) is 1.51.